The van der Waals surface area contributed by atoms with Crippen LogP contribution in [0.15, 0.2) is 0 Å². The molecule has 0 aromatic heterocycles. The number of aliphatic hydroxyl groups is 7. The smallest absolute Gasteiger partial charge is 0.249 e. The number of hydrogen-bond acceptors (Lipinski definition) is 10. The highest BCUT2D eigenvalue weighted by Gasteiger charge is 2.44. The molecule has 1 aliphatic heterocycles. The minimum absolute atomic E-state index is 0.267. The second-order valence-corrected chi connectivity index (χ2v) is 23.6. The Kier molecular flexibility index (Phi) is 51.7. The largest absolute Gasteiger partial charge is 0.394 e. The molecule has 0 spiro atoms. The van der Waals surface area contributed by atoms with Crippen molar-refractivity contribution in [2.24, 2.45) is 0 Å². The van der Waals surface area contributed by atoms with E-state index in [0.717, 1.165) is 38.5 Å². The van der Waals surface area contributed by atoms with Gasteiger partial charge in [0.15, 0.2) is 6.29 Å². The van der Waals surface area contributed by atoms with Crippen molar-refractivity contribution in [3.05, 3.63) is 0 Å². The molecule has 1 aliphatic rings. The molecule has 1 rings (SSSR count). The lowest BCUT2D eigenvalue weighted by Gasteiger charge is -2.40. The first kappa shape index (κ1) is 72.1. The van der Waals surface area contributed by atoms with Crippen molar-refractivity contribution in [2.75, 3.05) is 13.2 Å². The third-order valence-electron chi connectivity index (χ3n) is 16.4. The summed E-state index contributed by atoms with van der Waals surface area (Å²) in [5.74, 6) is -0.691. The first-order valence-electron chi connectivity index (χ1n) is 32.9. The van der Waals surface area contributed by atoms with Gasteiger partial charge >= 0.3 is 0 Å². The summed E-state index contributed by atoms with van der Waals surface area (Å²) in [6.45, 7) is 3.47. The van der Waals surface area contributed by atoms with E-state index in [9.17, 15) is 40.5 Å². The van der Waals surface area contributed by atoms with E-state index in [-0.39, 0.29) is 6.42 Å². The average molecular weight is 1070 g/mol. The maximum Gasteiger partial charge on any atom is 0.249 e. The fraction of sp³-hybridized carbons (Fsp3) is 0.984. The molecule has 0 saturated carbocycles. The van der Waals surface area contributed by atoms with Crippen molar-refractivity contribution in [1.29, 1.82) is 0 Å². The number of aliphatic hydroxyl groups excluding tert-OH is 7. The van der Waals surface area contributed by atoms with Gasteiger partial charge < -0.3 is 50.5 Å². The van der Waals surface area contributed by atoms with Crippen molar-refractivity contribution in [1.82, 2.24) is 5.32 Å². The molecule has 0 bridgehead atoms. The van der Waals surface area contributed by atoms with Crippen molar-refractivity contribution in [3.8, 4) is 0 Å². The first-order chi connectivity index (χ1) is 36.7. The Labute approximate surface area is 462 Å². The van der Waals surface area contributed by atoms with Gasteiger partial charge in [-0.3, -0.25) is 4.79 Å². The fourth-order valence-corrected chi connectivity index (χ4v) is 11.1. The van der Waals surface area contributed by atoms with Gasteiger partial charge in [-0.05, 0) is 12.8 Å². The number of carbonyl (C=O) groups is 1. The molecule has 448 valence electrons. The van der Waals surface area contributed by atoms with E-state index < -0.39 is 74.2 Å². The highest BCUT2D eigenvalue weighted by Crippen LogP contribution is 2.24. The highest BCUT2D eigenvalue weighted by molar-refractivity contribution is 5.80. The monoisotopic (exact) mass is 1070 g/mol. The number of carbonyl (C=O) groups excluding carboxylic acids is 1. The Morgan fingerprint density at radius 1 is 0.413 bits per heavy atom. The van der Waals surface area contributed by atoms with Crippen molar-refractivity contribution < 1.29 is 50.0 Å². The van der Waals surface area contributed by atoms with Gasteiger partial charge in [-0.1, -0.05) is 322 Å². The Bertz CT molecular complexity index is 1180. The molecule has 11 nitrogen and oxygen atoms in total. The Hall–Kier alpha value is -0.890. The number of unbranched alkanes of at least 4 members (excludes halogenated alkanes) is 46. The molecule has 0 aliphatic carbocycles. The van der Waals surface area contributed by atoms with Crippen molar-refractivity contribution >= 4 is 5.91 Å². The molecular weight excluding hydrogens is 943 g/mol. The van der Waals surface area contributed by atoms with E-state index in [4.69, 9.17) is 9.47 Å². The summed E-state index contributed by atoms with van der Waals surface area (Å²) >= 11 is 0. The molecule has 0 radical (unpaired) electrons. The molecule has 75 heavy (non-hydrogen) atoms. The van der Waals surface area contributed by atoms with Crippen molar-refractivity contribution in [2.45, 2.75) is 390 Å². The van der Waals surface area contributed by atoms with Crippen LogP contribution in [0.25, 0.3) is 0 Å². The Morgan fingerprint density at radius 3 is 0.987 bits per heavy atom. The summed E-state index contributed by atoms with van der Waals surface area (Å²) in [4.78, 5) is 13.2. The summed E-state index contributed by atoms with van der Waals surface area (Å²) in [5, 5.41) is 76.0. The van der Waals surface area contributed by atoms with Crippen LogP contribution in [0, 0.1) is 0 Å². The van der Waals surface area contributed by atoms with Gasteiger partial charge in [-0.25, -0.2) is 0 Å². The molecule has 0 aromatic carbocycles. The minimum atomic E-state index is -1.66. The maximum atomic E-state index is 13.2. The summed E-state index contributed by atoms with van der Waals surface area (Å²) < 4.78 is 11.1. The molecule has 8 N–H and O–H groups in total. The predicted molar refractivity (Wildman–Crippen MR) is 312 cm³/mol. The lowest BCUT2D eigenvalue weighted by Crippen LogP contribution is -2.60. The molecular formula is C64H127NO10. The van der Waals surface area contributed by atoms with Gasteiger partial charge in [0.05, 0.1) is 25.4 Å². The summed E-state index contributed by atoms with van der Waals surface area (Å²) in [6, 6.07) is -1.16. The van der Waals surface area contributed by atoms with E-state index in [1.165, 1.54) is 257 Å². The van der Waals surface area contributed by atoms with Crippen LogP contribution >= 0.6 is 0 Å². The topological polar surface area (TPSA) is 189 Å². The normalized spacial score (nSPS) is 19.6. The predicted octanol–water partition coefficient (Wildman–Crippen LogP) is 14.9. The second-order valence-electron chi connectivity index (χ2n) is 23.6. The lowest BCUT2D eigenvalue weighted by molar-refractivity contribution is -0.303. The van der Waals surface area contributed by atoms with Gasteiger partial charge in [0.1, 0.15) is 36.6 Å². The molecule has 1 heterocycles. The SMILES string of the molecule is CCCCCCCCCCCCCCCCCCCCCCCCCCCCCCCCCCCCCCCCC(O)C(=O)NC(COC1OC(CO)C(O)C(O)C1O)C(O)C(O)CCCCCCCCCCCC. The molecule has 0 aromatic rings. The lowest BCUT2D eigenvalue weighted by atomic mass is 9.98. The Balaban J connectivity index is 2.05. The van der Waals surface area contributed by atoms with Crippen molar-refractivity contribution in [3.63, 3.8) is 0 Å². The second kappa shape index (κ2) is 53.7. The molecule has 1 saturated heterocycles. The zero-order chi connectivity index (χ0) is 54.7. The zero-order valence-electron chi connectivity index (χ0n) is 49.3. The third kappa shape index (κ3) is 41.7. The van der Waals surface area contributed by atoms with Gasteiger partial charge in [0.2, 0.25) is 5.91 Å². The van der Waals surface area contributed by atoms with Gasteiger partial charge in [-0.2, -0.15) is 0 Å². The number of nitrogens with one attached hydrogen (secondary N) is 1. The van der Waals surface area contributed by atoms with Crippen LogP contribution in [0.2, 0.25) is 0 Å². The van der Waals surface area contributed by atoms with E-state index in [2.05, 4.69) is 19.2 Å². The molecule has 9 unspecified atom stereocenters. The van der Waals surface area contributed by atoms with Gasteiger partial charge in [-0.15, -0.1) is 0 Å². The Morgan fingerprint density at radius 2 is 0.693 bits per heavy atom. The summed E-state index contributed by atoms with van der Waals surface area (Å²) in [6.07, 6.45) is 52.3. The van der Waals surface area contributed by atoms with Crippen LogP contribution in [0.4, 0.5) is 0 Å². The number of rotatable bonds is 58. The van der Waals surface area contributed by atoms with Gasteiger partial charge in [0, 0.05) is 0 Å². The van der Waals surface area contributed by atoms with Crippen LogP contribution in [-0.4, -0.2) is 110 Å². The van der Waals surface area contributed by atoms with Crippen LogP contribution in [0.5, 0.6) is 0 Å². The highest BCUT2D eigenvalue weighted by atomic mass is 16.7. The van der Waals surface area contributed by atoms with E-state index in [1.807, 2.05) is 0 Å². The minimum Gasteiger partial charge on any atom is -0.394 e. The maximum absolute atomic E-state index is 13.2. The van der Waals surface area contributed by atoms with Gasteiger partial charge in [0.25, 0.3) is 0 Å². The molecule has 1 amide bonds. The molecule has 11 heteroatoms. The number of amides is 1. The molecule has 1 fully saturated rings. The quantitative estimate of drug-likeness (QED) is 0.0272. The number of hydrogen-bond donors (Lipinski definition) is 8. The van der Waals surface area contributed by atoms with E-state index >= 15 is 0 Å². The summed E-state index contributed by atoms with van der Waals surface area (Å²) in [7, 11) is 0. The first-order valence-corrected chi connectivity index (χ1v) is 32.9. The molecule has 9 atom stereocenters. The third-order valence-corrected chi connectivity index (χ3v) is 16.4. The van der Waals surface area contributed by atoms with E-state index in [0.29, 0.717) is 19.3 Å². The van der Waals surface area contributed by atoms with Crippen LogP contribution in [0.1, 0.15) is 335 Å². The van der Waals surface area contributed by atoms with Crippen LogP contribution in [0.3, 0.4) is 0 Å². The van der Waals surface area contributed by atoms with Crippen LogP contribution in [-0.2, 0) is 14.3 Å². The zero-order valence-corrected chi connectivity index (χ0v) is 49.3. The average Bonchev–Trinajstić information content (AvgIpc) is 3.41. The standard InChI is InChI=1S/C64H127NO10/c1-3-5-7-9-11-13-15-16-17-18-19-20-21-22-23-24-25-26-27-28-29-30-31-32-33-34-35-36-37-38-39-40-41-42-44-46-48-50-52-57(68)63(73)65-55(54-74-64-62(72)61(71)60(70)58(53-66)75-64)59(69)56(67)51-49-47-45-43-14-12-10-8-6-4-2/h55-62,64,66-72H,3-54H2,1-2H3,(H,65,73). The van der Waals surface area contributed by atoms with E-state index in [1.54, 1.807) is 0 Å². The number of ether oxygens (including phenoxy) is 2. The summed E-state index contributed by atoms with van der Waals surface area (Å²) in [5.41, 5.74) is 0. The van der Waals surface area contributed by atoms with Crippen LogP contribution < -0.4 is 5.32 Å². The fourth-order valence-electron chi connectivity index (χ4n) is 11.1.